The Balaban J connectivity index is 1.13. The fourth-order valence-electron chi connectivity index (χ4n) is 7.92. The number of aryl methyl sites for hydroxylation is 1. The van der Waals surface area contributed by atoms with E-state index in [0.717, 1.165) is 55.8 Å². The van der Waals surface area contributed by atoms with Crippen molar-refractivity contribution in [2.24, 2.45) is 47.3 Å². The molecule has 182 valence electrons. The van der Waals surface area contributed by atoms with Gasteiger partial charge in [-0.2, -0.15) is 0 Å². The topological polar surface area (TPSA) is 99.2 Å². The highest BCUT2D eigenvalue weighted by molar-refractivity contribution is 7.91. The van der Waals surface area contributed by atoms with E-state index in [1.165, 1.54) is 0 Å². The number of nitrogens with zero attached hydrogens (tertiary/aromatic N) is 1. The van der Waals surface area contributed by atoms with E-state index in [-0.39, 0.29) is 22.9 Å². The maximum atomic E-state index is 13.5. The van der Waals surface area contributed by atoms with Crippen molar-refractivity contribution in [2.45, 2.75) is 62.7 Å². The van der Waals surface area contributed by atoms with Gasteiger partial charge < -0.3 is 10.3 Å². The SMILES string of the molecule is Cn1ccc2cc(S(=O)(=O)CCC3(C(=O)CC4C5CC6CC4CC(C(N)=O)(C6)C5)CC3)ccc21. The summed E-state index contributed by atoms with van der Waals surface area (Å²) in [4.78, 5) is 26.0. The van der Waals surface area contributed by atoms with Gasteiger partial charge in [0.25, 0.3) is 0 Å². The first-order valence-corrected chi connectivity index (χ1v) is 14.4. The van der Waals surface area contributed by atoms with Crippen molar-refractivity contribution in [3.8, 4) is 0 Å². The molecule has 0 spiro atoms. The van der Waals surface area contributed by atoms with Crippen LogP contribution in [0.3, 0.4) is 0 Å². The fraction of sp³-hybridized carbons (Fsp3) is 0.630. The summed E-state index contributed by atoms with van der Waals surface area (Å²) < 4.78 is 28.2. The van der Waals surface area contributed by atoms with Crippen LogP contribution in [0, 0.1) is 34.5 Å². The lowest BCUT2D eigenvalue weighted by Crippen LogP contribution is -2.56. The van der Waals surface area contributed by atoms with Crippen molar-refractivity contribution >= 4 is 32.4 Å². The molecule has 4 bridgehead atoms. The smallest absolute Gasteiger partial charge is 0.223 e. The molecule has 5 aliphatic carbocycles. The van der Waals surface area contributed by atoms with Crippen LogP contribution in [-0.4, -0.2) is 30.4 Å². The first kappa shape index (κ1) is 22.3. The maximum absolute atomic E-state index is 13.5. The van der Waals surface area contributed by atoms with Gasteiger partial charge in [0.15, 0.2) is 9.84 Å². The predicted octanol–water partition coefficient (Wildman–Crippen LogP) is 4.01. The van der Waals surface area contributed by atoms with Crippen molar-refractivity contribution < 1.29 is 18.0 Å². The van der Waals surface area contributed by atoms with Crippen LogP contribution in [-0.2, 0) is 26.5 Å². The zero-order valence-electron chi connectivity index (χ0n) is 19.8. The molecule has 5 aliphatic rings. The Morgan fingerprint density at radius 3 is 2.44 bits per heavy atom. The van der Waals surface area contributed by atoms with Crippen LogP contribution < -0.4 is 5.73 Å². The molecular weight excluding hydrogens is 448 g/mol. The van der Waals surface area contributed by atoms with Crippen molar-refractivity contribution in [3.05, 3.63) is 30.5 Å². The van der Waals surface area contributed by atoms with Gasteiger partial charge in [-0.1, -0.05) is 0 Å². The van der Waals surface area contributed by atoms with Crippen molar-refractivity contribution in [2.75, 3.05) is 5.75 Å². The van der Waals surface area contributed by atoms with E-state index in [0.29, 0.717) is 41.4 Å². The van der Waals surface area contributed by atoms with Crippen molar-refractivity contribution in [1.82, 2.24) is 4.57 Å². The highest BCUT2D eigenvalue weighted by Gasteiger charge is 2.59. The molecule has 6 nitrogen and oxygen atoms in total. The maximum Gasteiger partial charge on any atom is 0.223 e. The lowest BCUT2D eigenvalue weighted by Gasteiger charge is -2.59. The van der Waals surface area contributed by atoms with Crippen LogP contribution in [0.5, 0.6) is 0 Å². The molecule has 0 saturated heterocycles. The number of fused-ring (bicyclic) bond motifs is 1. The van der Waals surface area contributed by atoms with Gasteiger partial charge in [-0.3, -0.25) is 9.59 Å². The quantitative estimate of drug-likeness (QED) is 0.614. The van der Waals surface area contributed by atoms with Crippen LogP contribution in [0.25, 0.3) is 10.9 Å². The number of Topliss-reactive ketones (excluding diaryl/α,β-unsaturated/α-hetero) is 1. The Kier molecular flexibility index (Phi) is 4.87. The number of carbonyl (C=O) groups excluding carboxylic acids is 2. The molecule has 5 fully saturated rings. The number of primary amides is 1. The zero-order chi connectivity index (χ0) is 23.9. The second-order valence-electron chi connectivity index (χ2n) is 11.9. The molecule has 2 N–H and O–H groups in total. The molecule has 7 heteroatoms. The first-order valence-electron chi connectivity index (χ1n) is 12.7. The number of hydrogen-bond donors (Lipinski definition) is 1. The van der Waals surface area contributed by atoms with E-state index in [2.05, 4.69) is 0 Å². The monoisotopic (exact) mass is 482 g/mol. The molecule has 0 radical (unpaired) electrons. The van der Waals surface area contributed by atoms with Gasteiger partial charge in [-0.05, 0) is 99.3 Å². The number of rotatable bonds is 8. The van der Waals surface area contributed by atoms with E-state index < -0.39 is 15.3 Å². The standard InChI is InChI=1S/C27H34N2O4S/c1-29-8-4-18-12-21(2-3-23(18)29)34(32,33)9-7-26(5-6-26)24(30)13-22-19-10-17-11-20(22)16-27(14-17,15-19)25(28)31/h2-4,8,12,17,19-20,22H,5-7,9-11,13-16H2,1H3,(H2,28,31). The number of aromatic nitrogens is 1. The largest absolute Gasteiger partial charge is 0.369 e. The number of amides is 1. The zero-order valence-corrected chi connectivity index (χ0v) is 20.6. The summed E-state index contributed by atoms with van der Waals surface area (Å²) in [7, 11) is -1.51. The van der Waals surface area contributed by atoms with Crippen molar-refractivity contribution in [3.63, 3.8) is 0 Å². The summed E-state index contributed by atoms with van der Waals surface area (Å²) in [5.74, 6) is 1.88. The van der Waals surface area contributed by atoms with Gasteiger partial charge in [-0.15, -0.1) is 0 Å². The average molecular weight is 483 g/mol. The van der Waals surface area contributed by atoms with E-state index in [1.54, 1.807) is 12.1 Å². The molecule has 34 heavy (non-hydrogen) atoms. The summed E-state index contributed by atoms with van der Waals surface area (Å²) in [6.45, 7) is 0. The van der Waals surface area contributed by atoms with Crippen LogP contribution >= 0.6 is 0 Å². The minimum Gasteiger partial charge on any atom is -0.369 e. The van der Waals surface area contributed by atoms with E-state index in [4.69, 9.17) is 5.73 Å². The molecule has 7 rings (SSSR count). The molecule has 2 unspecified atom stereocenters. The lowest BCUT2D eigenvalue weighted by atomic mass is 9.45. The second kappa shape index (κ2) is 7.42. The van der Waals surface area contributed by atoms with E-state index >= 15 is 0 Å². The van der Waals surface area contributed by atoms with Gasteiger partial charge in [0, 0.05) is 41.4 Å². The molecule has 0 aliphatic heterocycles. The number of carbonyl (C=O) groups is 2. The lowest BCUT2D eigenvalue weighted by molar-refractivity contribution is -0.152. The third-order valence-corrected chi connectivity index (χ3v) is 11.6. The number of hydrogen-bond acceptors (Lipinski definition) is 4. The Labute approximate surface area is 201 Å². The van der Waals surface area contributed by atoms with Crippen LogP contribution in [0.15, 0.2) is 35.4 Å². The second-order valence-corrected chi connectivity index (χ2v) is 14.0. The Bertz CT molecular complexity index is 1270. The summed E-state index contributed by atoms with van der Waals surface area (Å²) in [6.07, 6.45) is 9.35. The predicted molar refractivity (Wildman–Crippen MR) is 130 cm³/mol. The molecule has 2 aromatic rings. The Morgan fingerprint density at radius 2 is 1.79 bits per heavy atom. The Hall–Kier alpha value is -2.15. The Morgan fingerprint density at radius 1 is 1.09 bits per heavy atom. The number of benzene rings is 1. The summed E-state index contributed by atoms with van der Waals surface area (Å²) in [5.41, 5.74) is 6.02. The highest BCUT2D eigenvalue weighted by atomic mass is 32.2. The number of sulfone groups is 1. The van der Waals surface area contributed by atoms with Crippen LogP contribution in [0.1, 0.15) is 57.8 Å². The molecule has 5 saturated carbocycles. The van der Waals surface area contributed by atoms with Crippen LogP contribution in [0.4, 0.5) is 0 Å². The molecular formula is C27H34N2O4S. The summed E-state index contributed by atoms with van der Waals surface area (Å²) in [5, 5.41) is 0.913. The highest BCUT2D eigenvalue weighted by Crippen LogP contribution is 2.63. The molecule has 1 heterocycles. The van der Waals surface area contributed by atoms with Gasteiger partial charge >= 0.3 is 0 Å². The fourth-order valence-corrected chi connectivity index (χ4v) is 9.39. The van der Waals surface area contributed by atoms with Gasteiger partial charge in [-0.25, -0.2) is 8.42 Å². The van der Waals surface area contributed by atoms with Gasteiger partial charge in [0.05, 0.1) is 10.6 Å². The minimum atomic E-state index is -3.45. The molecule has 1 amide bonds. The summed E-state index contributed by atoms with van der Waals surface area (Å²) in [6, 6.07) is 7.20. The minimum absolute atomic E-state index is 0.0153. The third kappa shape index (κ3) is 3.45. The molecule has 1 aromatic carbocycles. The average Bonchev–Trinajstić information content (AvgIpc) is 3.51. The van der Waals surface area contributed by atoms with Crippen LogP contribution in [0.2, 0.25) is 0 Å². The summed E-state index contributed by atoms with van der Waals surface area (Å²) >= 11 is 0. The number of ketones is 1. The van der Waals surface area contributed by atoms with Gasteiger partial charge in [0.2, 0.25) is 5.91 Å². The van der Waals surface area contributed by atoms with Gasteiger partial charge in [0.1, 0.15) is 5.78 Å². The normalized spacial score (nSPS) is 33.3. The first-order chi connectivity index (χ1) is 16.1. The third-order valence-electron chi connectivity index (χ3n) is 9.92. The molecule has 1 aromatic heterocycles. The van der Waals surface area contributed by atoms with E-state index in [1.807, 2.05) is 29.9 Å². The van der Waals surface area contributed by atoms with Crippen molar-refractivity contribution in [1.29, 1.82) is 0 Å². The molecule has 2 atom stereocenters. The van der Waals surface area contributed by atoms with E-state index in [9.17, 15) is 18.0 Å². The number of nitrogens with two attached hydrogens (primary N) is 1.